The molecule has 2 aliphatic rings. The molecule has 0 atom stereocenters. The highest BCUT2D eigenvalue weighted by atomic mass is 16.5. The smallest absolute Gasteiger partial charge is 0.191 e. The molecule has 0 amide bonds. The van der Waals surface area contributed by atoms with Gasteiger partial charge in [0.1, 0.15) is 0 Å². The summed E-state index contributed by atoms with van der Waals surface area (Å²) in [5.74, 6) is 0.976. The van der Waals surface area contributed by atoms with Crippen molar-refractivity contribution >= 4 is 5.96 Å². The Morgan fingerprint density at radius 1 is 1.20 bits per heavy atom. The Kier molecular flexibility index (Phi) is 8.46. The zero-order valence-corrected chi connectivity index (χ0v) is 16.8. The molecule has 0 aromatic carbocycles. The number of likely N-dealkylation sites (N-methyl/N-ethyl adjacent to an activating group) is 1. The second-order valence-electron chi connectivity index (χ2n) is 7.69. The van der Waals surface area contributed by atoms with Crippen LogP contribution in [0.15, 0.2) is 4.99 Å². The SMILES string of the molecule is CCCN1CCC(NC(=NCC2(N(C)C)CCOCC2)NCC)CC1. The summed E-state index contributed by atoms with van der Waals surface area (Å²) in [6.07, 6.45) is 5.77. The fourth-order valence-corrected chi connectivity index (χ4v) is 3.85. The summed E-state index contributed by atoms with van der Waals surface area (Å²) in [5, 5.41) is 7.12. The second-order valence-corrected chi connectivity index (χ2v) is 7.69. The third kappa shape index (κ3) is 6.12. The topological polar surface area (TPSA) is 52.1 Å². The molecule has 2 rings (SSSR count). The van der Waals surface area contributed by atoms with Crippen molar-refractivity contribution in [2.24, 2.45) is 4.99 Å². The highest BCUT2D eigenvalue weighted by Crippen LogP contribution is 2.26. The van der Waals surface area contributed by atoms with Crippen LogP contribution in [0.3, 0.4) is 0 Å². The van der Waals surface area contributed by atoms with Crippen LogP contribution in [-0.4, -0.2) is 87.4 Å². The van der Waals surface area contributed by atoms with Crippen LogP contribution in [0, 0.1) is 0 Å². The number of rotatable bonds is 7. The molecule has 0 radical (unpaired) electrons. The lowest BCUT2D eigenvalue weighted by Crippen LogP contribution is -2.53. The third-order valence-corrected chi connectivity index (χ3v) is 5.72. The van der Waals surface area contributed by atoms with Crippen molar-refractivity contribution in [2.75, 3.05) is 60.0 Å². The third-order valence-electron chi connectivity index (χ3n) is 5.72. The van der Waals surface area contributed by atoms with Gasteiger partial charge in [-0.1, -0.05) is 6.92 Å². The maximum absolute atomic E-state index is 5.57. The molecule has 0 bridgehead atoms. The van der Waals surface area contributed by atoms with Gasteiger partial charge in [0.15, 0.2) is 5.96 Å². The van der Waals surface area contributed by atoms with Crippen molar-refractivity contribution in [2.45, 2.75) is 57.5 Å². The fraction of sp³-hybridized carbons (Fsp3) is 0.947. The summed E-state index contributed by atoms with van der Waals surface area (Å²) in [6, 6.07) is 0.538. The quantitative estimate of drug-likeness (QED) is 0.537. The minimum absolute atomic E-state index is 0.130. The van der Waals surface area contributed by atoms with Crippen LogP contribution in [0.1, 0.15) is 46.0 Å². The maximum atomic E-state index is 5.57. The first-order chi connectivity index (χ1) is 12.1. The van der Waals surface area contributed by atoms with E-state index in [2.05, 4.69) is 48.4 Å². The van der Waals surface area contributed by atoms with Gasteiger partial charge in [0.05, 0.1) is 6.54 Å². The number of guanidine groups is 1. The Morgan fingerprint density at radius 3 is 2.44 bits per heavy atom. The number of hydrogen-bond donors (Lipinski definition) is 2. The minimum atomic E-state index is 0.130. The lowest BCUT2D eigenvalue weighted by atomic mass is 9.89. The molecule has 2 saturated heterocycles. The van der Waals surface area contributed by atoms with E-state index in [1.165, 1.54) is 38.9 Å². The van der Waals surface area contributed by atoms with Crippen molar-refractivity contribution in [1.29, 1.82) is 0 Å². The summed E-state index contributed by atoms with van der Waals surface area (Å²) in [6.45, 7) is 11.4. The van der Waals surface area contributed by atoms with Gasteiger partial charge in [-0.05, 0) is 59.7 Å². The Hall–Kier alpha value is -0.850. The molecular formula is C19H39N5O. The van der Waals surface area contributed by atoms with E-state index < -0.39 is 0 Å². The van der Waals surface area contributed by atoms with E-state index in [-0.39, 0.29) is 5.54 Å². The van der Waals surface area contributed by atoms with Gasteiger partial charge in [-0.25, -0.2) is 0 Å². The zero-order chi connectivity index (χ0) is 18.1. The predicted molar refractivity (Wildman–Crippen MR) is 105 cm³/mol. The highest BCUT2D eigenvalue weighted by molar-refractivity contribution is 5.80. The van der Waals surface area contributed by atoms with E-state index >= 15 is 0 Å². The summed E-state index contributed by atoms with van der Waals surface area (Å²) < 4.78 is 5.57. The molecule has 2 aliphatic heterocycles. The van der Waals surface area contributed by atoms with Crippen molar-refractivity contribution in [3.05, 3.63) is 0 Å². The van der Waals surface area contributed by atoms with Gasteiger partial charge in [0, 0.05) is 44.4 Å². The average Bonchev–Trinajstić information content (AvgIpc) is 2.62. The normalized spacial score (nSPS) is 23.0. The van der Waals surface area contributed by atoms with Crippen LogP contribution in [-0.2, 0) is 4.74 Å². The molecule has 146 valence electrons. The summed E-state index contributed by atoms with van der Waals surface area (Å²) in [4.78, 5) is 9.88. The summed E-state index contributed by atoms with van der Waals surface area (Å²) >= 11 is 0. The van der Waals surface area contributed by atoms with Crippen LogP contribution in [0.4, 0.5) is 0 Å². The Balaban J connectivity index is 1.91. The lowest BCUT2D eigenvalue weighted by molar-refractivity contribution is -0.00256. The lowest BCUT2D eigenvalue weighted by Gasteiger charge is -2.42. The number of nitrogens with one attached hydrogen (secondary N) is 2. The highest BCUT2D eigenvalue weighted by Gasteiger charge is 2.34. The number of hydrogen-bond acceptors (Lipinski definition) is 4. The number of piperidine rings is 1. The van der Waals surface area contributed by atoms with Gasteiger partial charge in [-0.15, -0.1) is 0 Å². The summed E-state index contributed by atoms with van der Waals surface area (Å²) in [7, 11) is 4.34. The molecule has 6 nitrogen and oxygen atoms in total. The van der Waals surface area contributed by atoms with E-state index in [0.29, 0.717) is 6.04 Å². The molecule has 2 heterocycles. The van der Waals surface area contributed by atoms with Crippen molar-refractivity contribution < 1.29 is 4.74 Å². The molecule has 6 heteroatoms. The number of aliphatic imine (C=N–C) groups is 1. The van der Waals surface area contributed by atoms with E-state index in [1.54, 1.807) is 0 Å². The Labute approximate surface area is 154 Å². The molecule has 0 aromatic heterocycles. The van der Waals surface area contributed by atoms with E-state index in [1.807, 2.05) is 0 Å². The molecule has 2 N–H and O–H groups in total. The number of ether oxygens (including phenoxy) is 1. The molecule has 25 heavy (non-hydrogen) atoms. The van der Waals surface area contributed by atoms with Crippen LogP contribution in [0.2, 0.25) is 0 Å². The monoisotopic (exact) mass is 353 g/mol. The van der Waals surface area contributed by atoms with Crippen LogP contribution >= 0.6 is 0 Å². The first-order valence-corrected chi connectivity index (χ1v) is 10.1. The largest absolute Gasteiger partial charge is 0.381 e. The van der Waals surface area contributed by atoms with Crippen LogP contribution < -0.4 is 10.6 Å². The predicted octanol–water partition coefficient (Wildman–Crippen LogP) is 1.53. The van der Waals surface area contributed by atoms with Gasteiger partial charge < -0.3 is 25.2 Å². The fourth-order valence-electron chi connectivity index (χ4n) is 3.85. The maximum Gasteiger partial charge on any atom is 0.191 e. The minimum Gasteiger partial charge on any atom is -0.381 e. The standard InChI is InChI=1S/C19H39N5O/c1-5-11-24-12-7-17(8-13-24)22-18(20-6-2)21-16-19(23(3)4)9-14-25-15-10-19/h17H,5-16H2,1-4H3,(H2,20,21,22). The van der Waals surface area contributed by atoms with Crippen molar-refractivity contribution in [1.82, 2.24) is 20.4 Å². The van der Waals surface area contributed by atoms with Crippen LogP contribution in [0.5, 0.6) is 0 Å². The zero-order valence-electron chi connectivity index (χ0n) is 16.8. The first kappa shape index (κ1) is 20.5. The second kappa shape index (κ2) is 10.3. The molecule has 0 aromatic rings. The Bertz CT molecular complexity index is 399. The molecule has 0 saturated carbocycles. The van der Waals surface area contributed by atoms with Crippen molar-refractivity contribution in [3.63, 3.8) is 0 Å². The Morgan fingerprint density at radius 2 is 1.88 bits per heavy atom. The van der Waals surface area contributed by atoms with Gasteiger partial charge >= 0.3 is 0 Å². The molecule has 0 aliphatic carbocycles. The summed E-state index contributed by atoms with van der Waals surface area (Å²) in [5.41, 5.74) is 0.130. The van der Waals surface area contributed by atoms with Gasteiger partial charge in [0.25, 0.3) is 0 Å². The number of likely N-dealkylation sites (tertiary alicyclic amines) is 1. The first-order valence-electron chi connectivity index (χ1n) is 10.1. The molecule has 2 fully saturated rings. The van der Waals surface area contributed by atoms with Crippen molar-refractivity contribution in [3.8, 4) is 0 Å². The average molecular weight is 354 g/mol. The van der Waals surface area contributed by atoms with E-state index in [0.717, 1.165) is 45.1 Å². The van der Waals surface area contributed by atoms with Gasteiger partial charge in [0.2, 0.25) is 0 Å². The number of nitrogens with zero attached hydrogens (tertiary/aromatic N) is 3. The van der Waals surface area contributed by atoms with Crippen LogP contribution in [0.25, 0.3) is 0 Å². The van der Waals surface area contributed by atoms with E-state index in [9.17, 15) is 0 Å². The van der Waals surface area contributed by atoms with E-state index in [4.69, 9.17) is 9.73 Å². The van der Waals surface area contributed by atoms with Gasteiger partial charge in [-0.3, -0.25) is 4.99 Å². The van der Waals surface area contributed by atoms with Gasteiger partial charge in [-0.2, -0.15) is 0 Å². The molecule has 0 spiro atoms. The molecular weight excluding hydrogens is 314 g/mol. The molecule has 0 unspecified atom stereocenters.